The van der Waals surface area contributed by atoms with Crippen LogP contribution in [0.3, 0.4) is 0 Å². The topological polar surface area (TPSA) is 42.4 Å². The molecule has 21 heavy (non-hydrogen) atoms. The standard InChI is InChI=1S/C17H21NO2S/c1-11-8-13(21-18-11)7-6-12-9-14(17(2,3)4)16(19)15(10-12)20-5/h6-10,19H,1-5H3/b7-6+. The molecule has 1 N–H and O–H groups in total. The molecule has 2 rings (SSSR count). The third-order valence-electron chi connectivity index (χ3n) is 3.21. The summed E-state index contributed by atoms with van der Waals surface area (Å²) in [5, 5.41) is 10.3. The van der Waals surface area contributed by atoms with Crippen LogP contribution in [-0.4, -0.2) is 16.6 Å². The fourth-order valence-corrected chi connectivity index (χ4v) is 2.75. The average Bonchev–Trinajstić information content (AvgIpc) is 2.82. The summed E-state index contributed by atoms with van der Waals surface area (Å²) in [6.07, 6.45) is 4.05. The van der Waals surface area contributed by atoms with Gasteiger partial charge >= 0.3 is 0 Å². The number of nitrogens with zero attached hydrogens (tertiary/aromatic N) is 1. The van der Waals surface area contributed by atoms with Crippen molar-refractivity contribution in [2.24, 2.45) is 0 Å². The van der Waals surface area contributed by atoms with E-state index in [1.54, 1.807) is 7.11 Å². The molecule has 0 aliphatic rings. The highest BCUT2D eigenvalue weighted by Gasteiger charge is 2.21. The molecule has 0 saturated heterocycles. The molecule has 0 spiro atoms. The van der Waals surface area contributed by atoms with Gasteiger partial charge in [0, 0.05) is 10.4 Å². The number of hydrogen-bond acceptors (Lipinski definition) is 4. The fraction of sp³-hybridized carbons (Fsp3) is 0.353. The lowest BCUT2D eigenvalue weighted by atomic mass is 9.85. The number of aryl methyl sites for hydroxylation is 1. The number of methoxy groups -OCH3 is 1. The van der Waals surface area contributed by atoms with Crippen LogP contribution in [0.2, 0.25) is 0 Å². The number of ether oxygens (including phenoxy) is 1. The lowest BCUT2D eigenvalue weighted by Gasteiger charge is -2.22. The summed E-state index contributed by atoms with van der Waals surface area (Å²) in [6, 6.07) is 5.89. The maximum Gasteiger partial charge on any atom is 0.161 e. The molecule has 0 unspecified atom stereocenters. The first kappa shape index (κ1) is 15.6. The number of benzene rings is 1. The molecule has 3 nitrogen and oxygen atoms in total. The van der Waals surface area contributed by atoms with E-state index in [9.17, 15) is 5.11 Å². The van der Waals surface area contributed by atoms with Crippen LogP contribution in [0.1, 0.15) is 42.5 Å². The second-order valence-electron chi connectivity index (χ2n) is 6.07. The molecule has 0 aliphatic carbocycles. The predicted molar refractivity (Wildman–Crippen MR) is 89.1 cm³/mol. The molecule has 112 valence electrons. The van der Waals surface area contributed by atoms with Crippen LogP contribution < -0.4 is 4.74 Å². The second kappa shape index (κ2) is 5.90. The minimum absolute atomic E-state index is 0.151. The summed E-state index contributed by atoms with van der Waals surface area (Å²) >= 11 is 1.47. The number of phenols is 1. The molecular formula is C17H21NO2S. The number of hydrogen-bond donors (Lipinski definition) is 1. The largest absolute Gasteiger partial charge is 0.504 e. The van der Waals surface area contributed by atoms with Gasteiger partial charge in [0.15, 0.2) is 11.5 Å². The molecular weight excluding hydrogens is 282 g/mol. The molecule has 0 bridgehead atoms. The lowest BCUT2D eigenvalue weighted by Crippen LogP contribution is -2.12. The van der Waals surface area contributed by atoms with Crippen LogP contribution in [0.15, 0.2) is 18.2 Å². The van der Waals surface area contributed by atoms with Gasteiger partial charge in [-0.25, -0.2) is 0 Å². The Hall–Kier alpha value is -1.81. The van der Waals surface area contributed by atoms with Crippen LogP contribution in [0.25, 0.3) is 12.2 Å². The fourth-order valence-electron chi connectivity index (χ4n) is 2.09. The zero-order valence-corrected chi connectivity index (χ0v) is 13.9. The summed E-state index contributed by atoms with van der Waals surface area (Å²) in [6.45, 7) is 8.19. The van der Waals surface area contributed by atoms with Gasteiger partial charge in [0.2, 0.25) is 0 Å². The Bertz CT molecular complexity index is 666. The van der Waals surface area contributed by atoms with Crippen LogP contribution in [0.4, 0.5) is 0 Å². The van der Waals surface area contributed by atoms with Gasteiger partial charge in [-0.15, -0.1) is 0 Å². The number of rotatable bonds is 3. The Morgan fingerprint density at radius 3 is 2.43 bits per heavy atom. The first-order valence-electron chi connectivity index (χ1n) is 6.84. The van der Waals surface area contributed by atoms with E-state index >= 15 is 0 Å². The van der Waals surface area contributed by atoms with Crippen molar-refractivity contribution in [3.8, 4) is 11.5 Å². The van der Waals surface area contributed by atoms with E-state index in [2.05, 4.69) is 25.1 Å². The summed E-state index contributed by atoms with van der Waals surface area (Å²) in [5.41, 5.74) is 2.75. The molecule has 0 saturated carbocycles. The Balaban J connectivity index is 2.42. The van der Waals surface area contributed by atoms with Gasteiger partial charge in [-0.2, -0.15) is 4.37 Å². The van der Waals surface area contributed by atoms with Crippen LogP contribution in [0.5, 0.6) is 11.5 Å². The molecule has 0 aliphatic heterocycles. The molecule has 0 radical (unpaired) electrons. The van der Waals surface area contributed by atoms with E-state index in [-0.39, 0.29) is 11.2 Å². The van der Waals surface area contributed by atoms with E-state index in [1.807, 2.05) is 37.3 Å². The monoisotopic (exact) mass is 303 g/mol. The molecule has 2 aromatic rings. The SMILES string of the molecule is COc1cc(/C=C/c2cc(C)ns2)cc(C(C)(C)C)c1O. The van der Waals surface area contributed by atoms with Gasteiger partial charge in [-0.1, -0.05) is 26.8 Å². The van der Waals surface area contributed by atoms with Crippen molar-refractivity contribution in [1.82, 2.24) is 4.37 Å². The zero-order chi connectivity index (χ0) is 15.6. The smallest absolute Gasteiger partial charge is 0.161 e. The summed E-state index contributed by atoms with van der Waals surface area (Å²) in [5.74, 6) is 0.721. The first-order valence-corrected chi connectivity index (χ1v) is 7.61. The van der Waals surface area contributed by atoms with Crippen molar-refractivity contribution in [2.45, 2.75) is 33.1 Å². The normalized spacial score (nSPS) is 12.0. The first-order chi connectivity index (χ1) is 9.81. The van der Waals surface area contributed by atoms with E-state index in [4.69, 9.17) is 4.74 Å². The predicted octanol–water partition coefficient (Wildman–Crippen LogP) is 4.63. The minimum Gasteiger partial charge on any atom is -0.504 e. The highest BCUT2D eigenvalue weighted by atomic mass is 32.1. The van der Waals surface area contributed by atoms with Crippen molar-refractivity contribution in [2.75, 3.05) is 7.11 Å². The Morgan fingerprint density at radius 2 is 1.90 bits per heavy atom. The van der Waals surface area contributed by atoms with Crippen LogP contribution in [0, 0.1) is 6.92 Å². The van der Waals surface area contributed by atoms with Gasteiger partial charge in [-0.3, -0.25) is 0 Å². The van der Waals surface area contributed by atoms with Crippen molar-refractivity contribution >= 4 is 23.7 Å². The Labute approximate surface area is 130 Å². The molecule has 1 heterocycles. The molecule has 4 heteroatoms. The van der Waals surface area contributed by atoms with Gasteiger partial charge < -0.3 is 9.84 Å². The van der Waals surface area contributed by atoms with Gasteiger partial charge in [0.1, 0.15) is 0 Å². The van der Waals surface area contributed by atoms with Crippen LogP contribution in [-0.2, 0) is 5.41 Å². The quantitative estimate of drug-likeness (QED) is 0.898. The maximum atomic E-state index is 10.3. The van der Waals surface area contributed by atoms with Crippen LogP contribution >= 0.6 is 11.5 Å². The second-order valence-corrected chi connectivity index (χ2v) is 6.91. The molecule has 1 aromatic carbocycles. The summed E-state index contributed by atoms with van der Waals surface area (Å²) in [4.78, 5) is 1.11. The number of phenolic OH excluding ortho intramolecular Hbond substituents is 1. The van der Waals surface area contributed by atoms with Crippen molar-refractivity contribution in [3.05, 3.63) is 39.9 Å². The van der Waals surface area contributed by atoms with E-state index in [1.165, 1.54) is 11.5 Å². The van der Waals surface area contributed by atoms with E-state index in [0.29, 0.717) is 5.75 Å². The third-order valence-corrected chi connectivity index (χ3v) is 4.06. The average molecular weight is 303 g/mol. The zero-order valence-electron chi connectivity index (χ0n) is 13.1. The minimum atomic E-state index is -0.151. The molecule has 0 fully saturated rings. The van der Waals surface area contributed by atoms with E-state index < -0.39 is 0 Å². The number of aromatic hydroxyl groups is 1. The van der Waals surface area contributed by atoms with Gasteiger partial charge in [0.25, 0.3) is 0 Å². The lowest BCUT2D eigenvalue weighted by molar-refractivity contribution is 0.364. The summed E-state index contributed by atoms with van der Waals surface area (Å²) < 4.78 is 9.54. The molecule has 0 atom stereocenters. The van der Waals surface area contributed by atoms with Gasteiger partial charge in [-0.05, 0) is 53.7 Å². The maximum absolute atomic E-state index is 10.3. The number of aromatic nitrogens is 1. The summed E-state index contributed by atoms with van der Waals surface area (Å²) in [7, 11) is 1.57. The van der Waals surface area contributed by atoms with Crippen molar-refractivity contribution < 1.29 is 9.84 Å². The highest BCUT2D eigenvalue weighted by Crippen LogP contribution is 2.39. The Kier molecular flexibility index (Phi) is 4.37. The van der Waals surface area contributed by atoms with E-state index in [0.717, 1.165) is 21.7 Å². The van der Waals surface area contributed by atoms with Crippen molar-refractivity contribution in [3.63, 3.8) is 0 Å². The van der Waals surface area contributed by atoms with Crippen molar-refractivity contribution in [1.29, 1.82) is 0 Å². The molecule has 1 aromatic heterocycles. The molecule has 0 amide bonds. The Morgan fingerprint density at radius 1 is 1.19 bits per heavy atom. The van der Waals surface area contributed by atoms with Gasteiger partial charge in [0.05, 0.1) is 12.8 Å². The third kappa shape index (κ3) is 3.64. The highest BCUT2D eigenvalue weighted by molar-refractivity contribution is 7.06.